The zero-order valence-corrected chi connectivity index (χ0v) is 17.0. The third-order valence-corrected chi connectivity index (χ3v) is 5.00. The van der Waals surface area contributed by atoms with Gasteiger partial charge in [-0.05, 0) is 70.5 Å². The van der Waals surface area contributed by atoms with Gasteiger partial charge in [-0.3, -0.25) is 19.3 Å². The maximum absolute atomic E-state index is 12.3. The van der Waals surface area contributed by atoms with E-state index in [0.717, 1.165) is 6.42 Å². The number of nitrogens with zero attached hydrogens (tertiary/aromatic N) is 1. The molecule has 154 valence electrons. The van der Waals surface area contributed by atoms with Crippen LogP contribution in [0.1, 0.15) is 50.4 Å². The van der Waals surface area contributed by atoms with E-state index in [2.05, 4.69) is 10.6 Å². The number of anilines is 1. The number of carbonyl (C=O) groups is 3. The number of hydrogen-bond donors (Lipinski definition) is 2. The summed E-state index contributed by atoms with van der Waals surface area (Å²) in [6, 6.07) is 7.00. The molecule has 0 aliphatic carbocycles. The molecule has 0 saturated carbocycles. The number of piperidine rings is 1. The fourth-order valence-corrected chi connectivity index (χ4v) is 3.10. The first kappa shape index (κ1) is 21.9. The number of rotatable bonds is 8. The van der Waals surface area contributed by atoms with E-state index in [1.165, 1.54) is 0 Å². The van der Waals surface area contributed by atoms with E-state index < -0.39 is 0 Å². The third-order valence-electron chi connectivity index (χ3n) is 5.00. The summed E-state index contributed by atoms with van der Waals surface area (Å²) in [7, 11) is 0. The van der Waals surface area contributed by atoms with Gasteiger partial charge in [-0.25, -0.2) is 0 Å². The Bertz CT molecular complexity index is 667. The lowest BCUT2D eigenvalue weighted by Gasteiger charge is -2.30. The van der Waals surface area contributed by atoms with Gasteiger partial charge in [-0.15, -0.1) is 0 Å². The van der Waals surface area contributed by atoms with Crippen molar-refractivity contribution in [1.29, 1.82) is 0 Å². The highest BCUT2D eigenvalue weighted by molar-refractivity contribution is 5.96. The minimum Gasteiger partial charge on any atom is -0.466 e. The molecular weight excluding hydrogens is 358 g/mol. The van der Waals surface area contributed by atoms with Crippen LogP contribution in [-0.2, 0) is 14.3 Å². The molecule has 1 unspecified atom stereocenters. The number of likely N-dealkylation sites (tertiary alicyclic amines) is 1. The van der Waals surface area contributed by atoms with Gasteiger partial charge in [-0.1, -0.05) is 6.92 Å². The van der Waals surface area contributed by atoms with Crippen molar-refractivity contribution in [2.75, 3.05) is 31.6 Å². The van der Waals surface area contributed by atoms with E-state index in [9.17, 15) is 14.4 Å². The molecule has 1 aromatic carbocycles. The molecule has 1 saturated heterocycles. The normalized spacial score (nSPS) is 16.2. The van der Waals surface area contributed by atoms with Gasteiger partial charge in [0.1, 0.15) is 0 Å². The number of benzene rings is 1. The summed E-state index contributed by atoms with van der Waals surface area (Å²) in [5, 5.41) is 5.77. The number of amides is 2. The molecule has 2 amide bonds. The molecule has 0 bridgehead atoms. The summed E-state index contributed by atoms with van der Waals surface area (Å²) in [6.45, 7) is 7.87. The Kier molecular flexibility index (Phi) is 8.44. The van der Waals surface area contributed by atoms with Gasteiger partial charge in [0, 0.05) is 17.3 Å². The summed E-state index contributed by atoms with van der Waals surface area (Å²) < 4.78 is 5.07. The first-order valence-corrected chi connectivity index (χ1v) is 10.0. The number of nitrogens with one attached hydrogen (secondary N) is 2. The predicted molar refractivity (Wildman–Crippen MR) is 108 cm³/mol. The van der Waals surface area contributed by atoms with Crippen molar-refractivity contribution >= 4 is 23.5 Å². The average molecular weight is 389 g/mol. The van der Waals surface area contributed by atoms with Crippen LogP contribution in [0, 0.1) is 5.92 Å². The molecule has 0 spiro atoms. The smallest absolute Gasteiger partial charge is 0.309 e. The van der Waals surface area contributed by atoms with Crippen molar-refractivity contribution in [3.05, 3.63) is 29.8 Å². The van der Waals surface area contributed by atoms with Crippen molar-refractivity contribution in [2.24, 2.45) is 5.92 Å². The largest absolute Gasteiger partial charge is 0.466 e. The van der Waals surface area contributed by atoms with E-state index in [1.54, 1.807) is 24.3 Å². The number of carbonyl (C=O) groups excluding carboxylic acids is 3. The van der Waals surface area contributed by atoms with E-state index >= 15 is 0 Å². The zero-order chi connectivity index (χ0) is 20.5. The molecule has 2 N–H and O–H groups in total. The molecule has 7 nitrogen and oxygen atoms in total. The molecule has 1 fully saturated rings. The SMILES string of the molecule is CCOC(=O)C1CCN(CC(=O)Nc2ccc(C(=O)NC(C)CC)cc2)CC1. The van der Waals surface area contributed by atoms with Gasteiger partial charge >= 0.3 is 5.97 Å². The summed E-state index contributed by atoms with van der Waals surface area (Å²) in [6.07, 6.45) is 2.30. The van der Waals surface area contributed by atoms with E-state index in [4.69, 9.17) is 4.74 Å². The Morgan fingerprint density at radius 3 is 2.36 bits per heavy atom. The lowest BCUT2D eigenvalue weighted by molar-refractivity contribution is -0.149. The Morgan fingerprint density at radius 2 is 1.79 bits per heavy atom. The van der Waals surface area contributed by atoms with Gasteiger partial charge in [0.15, 0.2) is 0 Å². The lowest BCUT2D eigenvalue weighted by atomic mass is 9.97. The maximum atomic E-state index is 12.3. The lowest BCUT2D eigenvalue weighted by Crippen LogP contribution is -2.41. The number of esters is 1. The molecule has 7 heteroatoms. The maximum Gasteiger partial charge on any atom is 0.309 e. The van der Waals surface area contributed by atoms with E-state index in [0.29, 0.717) is 43.8 Å². The van der Waals surface area contributed by atoms with Gasteiger partial charge in [0.05, 0.1) is 19.1 Å². The van der Waals surface area contributed by atoms with Crippen LogP contribution in [0.15, 0.2) is 24.3 Å². The van der Waals surface area contributed by atoms with Crippen molar-refractivity contribution < 1.29 is 19.1 Å². The van der Waals surface area contributed by atoms with Gasteiger partial charge < -0.3 is 15.4 Å². The standard InChI is InChI=1S/C21H31N3O4/c1-4-15(3)22-20(26)16-6-8-18(9-7-16)23-19(25)14-24-12-10-17(11-13-24)21(27)28-5-2/h6-9,15,17H,4-5,10-14H2,1-3H3,(H,22,26)(H,23,25). The van der Waals surface area contributed by atoms with Crippen LogP contribution in [0.3, 0.4) is 0 Å². The summed E-state index contributed by atoms with van der Waals surface area (Å²) >= 11 is 0. The second kappa shape index (κ2) is 10.8. The molecule has 2 rings (SSSR count). The minimum absolute atomic E-state index is 0.0617. The van der Waals surface area contributed by atoms with Crippen molar-refractivity contribution in [1.82, 2.24) is 10.2 Å². The highest BCUT2D eigenvalue weighted by Crippen LogP contribution is 2.18. The van der Waals surface area contributed by atoms with E-state index in [-0.39, 0.29) is 36.3 Å². The number of hydrogen-bond acceptors (Lipinski definition) is 5. The quantitative estimate of drug-likeness (QED) is 0.667. The van der Waals surface area contributed by atoms with Crippen LogP contribution in [-0.4, -0.2) is 55.0 Å². The molecule has 1 heterocycles. The topological polar surface area (TPSA) is 87.7 Å². The Hall–Kier alpha value is -2.41. The fourth-order valence-electron chi connectivity index (χ4n) is 3.10. The third kappa shape index (κ3) is 6.64. The average Bonchev–Trinajstić information content (AvgIpc) is 2.69. The molecule has 0 radical (unpaired) electrons. The molecule has 1 atom stereocenters. The van der Waals surface area contributed by atoms with Gasteiger partial charge in [-0.2, -0.15) is 0 Å². The van der Waals surface area contributed by atoms with Gasteiger partial charge in [0.2, 0.25) is 5.91 Å². The first-order chi connectivity index (χ1) is 13.4. The summed E-state index contributed by atoms with van der Waals surface area (Å²) in [4.78, 5) is 38.2. The van der Waals surface area contributed by atoms with Crippen LogP contribution in [0.5, 0.6) is 0 Å². The Labute approximate surface area is 166 Å². The monoisotopic (exact) mass is 389 g/mol. The molecule has 1 aliphatic rings. The number of ether oxygens (including phenoxy) is 1. The molecule has 28 heavy (non-hydrogen) atoms. The highest BCUT2D eigenvalue weighted by Gasteiger charge is 2.26. The van der Waals surface area contributed by atoms with Crippen molar-refractivity contribution in [3.8, 4) is 0 Å². The summed E-state index contributed by atoms with van der Waals surface area (Å²) in [5.41, 5.74) is 1.23. The Morgan fingerprint density at radius 1 is 1.14 bits per heavy atom. The van der Waals surface area contributed by atoms with Crippen LogP contribution >= 0.6 is 0 Å². The molecule has 1 aromatic rings. The fraction of sp³-hybridized carbons (Fsp3) is 0.571. The van der Waals surface area contributed by atoms with Gasteiger partial charge in [0.25, 0.3) is 5.91 Å². The minimum atomic E-state index is -0.135. The van der Waals surface area contributed by atoms with Crippen LogP contribution in [0.2, 0.25) is 0 Å². The second-order valence-electron chi connectivity index (χ2n) is 7.21. The Balaban J connectivity index is 1.77. The van der Waals surface area contributed by atoms with Crippen LogP contribution in [0.4, 0.5) is 5.69 Å². The molecule has 1 aliphatic heterocycles. The van der Waals surface area contributed by atoms with Crippen molar-refractivity contribution in [2.45, 2.75) is 46.1 Å². The van der Waals surface area contributed by atoms with Crippen LogP contribution in [0.25, 0.3) is 0 Å². The summed E-state index contributed by atoms with van der Waals surface area (Å²) in [5.74, 6) is -0.416. The zero-order valence-electron chi connectivity index (χ0n) is 17.0. The first-order valence-electron chi connectivity index (χ1n) is 10.0. The van der Waals surface area contributed by atoms with Crippen molar-refractivity contribution in [3.63, 3.8) is 0 Å². The second-order valence-corrected chi connectivity index (χ2v) is 7.21. The predicted octanol–water partition coefficient (Wildman–Crippen LogP) is 2.43. The van der Waals surface area contributed by atoms with E-state index in [1.807, 2.05) is 25.7 Å². The van der Waals surface area contributed by atoms with Crippen LogP contribution < -0.4 is 10.6 Å². The highest BCUT2D eigenvalue weighted by atomic mass is 16.5. The molecule has 0 aromatic heterocycles. The molecular formula is C21H31N3O4.